The van der Waals surface area contributed by atoms with Gasteiger partial charge in [0.05, 0.1) is 6.54 Å². The topological polar surface area (TPSA) is 58.6 Å². The predicted molar refractivity (Wildman–Crippen MR) is 111 cm³/mol. The minimum Gasteiger partial charge on any atom is -0.492 e. The van der Waals surface area contributed by atoms with Gasteiger partial charge in [0, 0.05) is 13.5 Å². The lowest BCUT2D eigenvalue weighted by atomic mass is 10.0. The van der Waals surface area contributed by atoms with Crippen LogP contribution in [0.1, 0.15) is 37.4 Å². The van der Waals surface area contributed by atoms with E-state index in [0.717, 1.165) is 11.3 Å². The molecule has 0 fully saturated rings. The lowest BCUT2D eigenvalue weighted by molar-refractivity contribution is -0.136. The van der Waals surface area contributed by atoms with Crippen molar-refractivity contribution in [2.75, 3.05) is 20.2 Å². The highest BCUT2D eigenvalue weighted by molar-refractivity contribution is 5.88. The molecule has 150 valence electrons. The van der Waals surface area contributed by atoms with E-state index < -0.39 is 6.04 Å². The standard InChI is InChI=1S/C23H30N2O3/c1-17(2)16-21(26)24-22(19-8-6-5-7-9-19)23(27)25(4)14-15-28-20-12-10-18(3)11-13-20/h5-13,17,22H,14-16H2,1-4H3,(H,24,26). The highest BCUT2D eigenvalue weighted by Crippen LogP contribution is 2.17. The molecule has 0 aliphatic rings. The van der Waals surface area contributed by atoms with Crippen molar-refractivity contribution in [3.05, 3.63) is 65.7 Å². The summed E-state index contributed by atoms with van der Waals surface area (Å²) >= 11 is 0. The van der Waals surface area contributed by atoms with Crippen LogP contribution in [-0.4, -0.2) is 36.9 Å². The van der Waals surface area contributed by atoms with Crippen LogP contribution in [0.4, 0.5) is 0 Å². The number of hydrogen-bond acceptors (Lipinski definition) is 3. The minimum absolute atomic E-state index is 0.124. The number of rotatable bonds is 9. The average Bonchev–Trinajstić information content (AvgIpc) is 2.67. The van der Waals surface area contributed by atoms with Crippen molar-refractivity contribution in [2.45, 2.75) is 33.2 Å². The zero-order valence-electron chi connectivity index (χ0n) is 17.1. The molecule has 0 aliphatic carbocycles. The van der Waals surface area contributed by atoms with Crippen molar-refractivity contribution in [1.82, 2.24) is 10.2 Å². The maximum Gasteiger partial charge on any atom is 0.249 e. The van der Waals surface area contributed by atoms with Crippen LogP contribution in [0.15, 0.2) is 54.6 Å². The second-order valence-corrected chi connectivity index (χ2v) is 7.43. The van der Waals surface area contributed by atoms with E-state index in [1.807, 2.05) is 75.4 Å². The van der Waals surface area contributed by atoms with Crippen LogP contribution >= 0.6 is 0 Å². The van der Waals surface area contributed by atoms with Crippen LogP contribution in [0, 0.1) is 12.8 Å². The van der Waals surface area contributed by atoms with Gasteiger partial charge in [-0.1, -0.05) is 61.9 Å². The average molecular weight is 383 g/mol. The highest BCUT2D eigenvalue weighted by atomic mass is 16.5. The van der Waals surface area contributed by atoms with Crippen LogP contribution in [-0.2, 0) is 9.59 Å². The van der Waals surface area contributed by atoms with Gasteiger partial charge in [0.25, 0.3) is 0 Å². The van der Waals surface area contributed by atoms with E-state index in [4.69, 9.17) is 4.74 Å². The Hall–Kier alpha value is -2.82. The summed E-state index contributed by atoms with van der Waals surface area (Å²) in [7, 11) is 1.73. The summed E-state index contributed by atoms with van der Waals surface area (Å²) in [5, 5.41) is 2.89. The Morgan fingerprint density at radius 1 is 1.04 bits per heavy atom. The van der Waals surface area contributed by atoms with Crippen molar-refractivity contribution < 1.29 is 14.3 Å². The van der Waals surface area contributed by atoms with Crippen molar-refractivity contribution in [3.8, 4) is 5.75 Å². The van der Waals surface area contributed by atoms with Crippen LogP contribution in [0.3, 0.4) is 0 Å². The van der Waals surface area contributed by atoms with Gasteiger partial charge in [0.15, 0.2) is 0 Å². The molecule has 0 bridgehead atoms. The second kappa shape index (κ2) is 10.5. The molecule has 1 N–H and O–H groups in total. The molecule has 0 saturated carbocycles. The fraction of sp³-hybridized carbons (Fsp3) is 0.391. The van der Waals surface area contributed by atoms with E-state index in [1.165, 1.54) is 5.56 Å². The second-order valence-electron chi connectivity index (χ2n) is 7.43. The predicted octanol–water partition coefficient (Wildman–Crippen LogP) is 3.74. The van der Waals surface area contributed by atoms with E-state index in [-0.39, 0.29) is 17.7 Å². The summed E-state index contributed by atoms with van der Waals surface area (Å²) in [6.07, 6.45) is 0.386. The number of nitrogens with zero attached hydrogens (tertiary/aromatic N) is 1. The first-order chi connectivity index (χ1) is 13.4. The number of likely N-dealkylation sites (N-methyl/N-ethyl adjacent to an activating group) is 1. The smallest absolute Gasteiger partial charge is 0.249 e. The normalized spacial score (nSPS) is 11.8. The molecule has 5 heteroatoms. The van der Waals surface area contributed by atoms with Crippen molar-refractivity contribution in [1.29, 1.82) is 0 Å². The Morgan fingerprint density at radius 2 is 1.68 bits per heavy atom. The quantitative estimate of drug-likeness (QED) is 0.719. The Kier molecular flexibility index (Phi) is 8.05. The van der Waals surface area contributed by atoms with Gasteiger partial charge in [-0.2, -0.15) is 0 Å². The highest BCUT2D eigenvalue weighted by Gasteiger charge is 2.25. The van der Waals surface area contributed by atoms with Crippen LogP contribution in [0.2, 0.25) is 0 Å². The van der Waals surface area contributed by atoms with Gasteiger partial charge in [-0.3, -0.25) is 9.59 Å². The van der Waals surface area contributed by atoms with Gasteiger partial charge < -0.3 is 15.0 Å². The number of ether oxygens (including phenoxy) is 1. The lowest BCUT2D eigenvalue weighted by Crippen LogP contribution is -2.42. The summed E-state index contributed by atoms with van der Waals surface area (Å²) in [6, 6.07) is 16.4. The summed E-state index contributed by atoms with van der Waals surface area (Å²) < 4.78 is 5.72. The van der Waals surface area contributed by atoms with Gasteiger partial charge >= 0.3 is 0 Å². The Bertz CT molecular complexity index is 757. The van der Waals surface area contributed by atoms with Gasteiger partial charge in [0.2, 0.25) is 11.8 Å². The van der Waals surface area contributed by atoms with Crippen LogP contribution in [0.5, 0.6) is 5.75 Å². The summed E-state index contributed by atoms with van der Waals surface area (Å²) in [5.41, 5.74) is 1.94. The first kappa shape index (κ1) is 21.5. The largest absolute Gasteiger partial charge is 0.492 e. The number of hydrogen-bond donors (Lipinski definition) is 1. The minimum atomic E-state index is -0.697. The molecule has 0 saturated heterocycles. The summed E-state index contributed by atoms with van der Waals surface area (Å²) in [5.74, 6) is 0.723. The molecule has 5 nitrogen and oxygen atoms in total. The molecule has 0 spiro atoms. The van der Waals surface area contributed by atoms with E-state index in [9.17, 15) is 9.59 Å². The summed E-state index contributed by atoms with van der Waals surface area (Å²) in [6.45, 7) is 6.79. The number of amides is 2. The molecule has 0 aliphatic heterocycles. The molecule has 1 atom stereocenters. The molecule has 2 aromatic carbocycles. The molecule has 2 aromatic rings. The van der Waals surface area contributed by atoms with E-state index in [2.05, 4.69) is 5.32 Å². The van der Waals surface area contributed by atoms with Crippen LogP contribution in [0.25, 0.3) is 0 Å². The number of carbonyl (C=O) groups excluding carboxylic acids is 2. The third-order valence-electron chi connectivity index (χ3n) is 4.37. The molecule has 2 rings (SSSR count). The first-order valence-corrected chi connectivity index (χ1v) is 9.65. The molecule has 1 unspecified atom stereocenters. The Morgan fingerprint density at radius 3 is 2.29 bits per heavy atom. The van der Waals surface area contributed by atoms with Gasteiger partial charge in [0.1, 0.15) is 18.4 Å². The first-order valence-electron chi connectivity index (χ1n) is 9.65. The SMILES string of the molecule is Cc1ccc(OCCN(C)C(=O)C(NC(=O)CC(C)C)c2ccccc2)cc1. The third-order valence-corrected chi connectivity index (χ3v) is 4.37. The van der Waals surface area contributed by atoms with E-state index >= 15 is 0 Å². The van der Waals surface area contributed by atoms with Crippen LogP contribution < -0.4 is 10.1 Å². The molecule has 2 amide bonds. The Balaban J connectivity index is 1.99. The Labute approximate surface area is 167 Å². The summed E-state index contributed by atoms with van der Waals surface area (Å²) in [4.78, 5) is 26.9. The molecule has 0 aromatic heterocycles. The van der Waals surface area contributed by atoms with Gasteiger partial charge in [-0.15, -0.1) is 0 Å². The number of nitrogens with one attached hydrogen (secondary N) is 1. The zero-order chi connectivity index (χ0) is 20.5. The fourth-order valence-corrected chi connectivity index (χ4v) is 2.79. The molecule has 28 heavy (non-hydrogen) atoms. The zero-order valence-corrected chi connectivity index (χ0v) is 17.1. The molecule has 0 radical (unpaired) electrons. The maximum absolute atomic E-state index is 13.0. The van der Waals surface area contributed by atoms with Crippen molar-refractivity contribution >= 4 is 11.8 Å². The fourth-order valence-electron chi connectivity index (χ4n) is 2.79. The van der Waals surface area contributed by atoms with Crippen molar-refractivity contribution in [3.63, 3.8) is 0 Å². The molecular formula is C23H30N2O3. The molecule has 0 heterocycles. The third kappa shape index (κ3) is 6.72. The van der Waals surface area contributed by atoms with Gasteiger partial charge in [-0.25, -0.2) is 0 Å². The van der Waals surface area contributed by atoms with E-state index in [1.54, 1.807) is 11.9 Å². The number of aryl methyl sites for hydroxylation is 1. The number of carbonyl (C=O) groups is 2. The monoisotopic (exact) mass is 382 g/mol. The maximum atomic E-state index is 13.0. The molecular weight excluding hydrogens is 352 g/mol. The van der Waals surface area contributed by atoms with E-state index in [0.29, 0.717) is 19.6 Å². The van der Waals surface area contributed by atoms with Gasteiger partial charge in [-0.05, 0) is 30.5 Å². The number of benzene rings is 2. The van der Waals surface area contributed by atoms with Crippen molar-refractivity contribution in [2.24, 2.45) is 5.92 Å². The lowest BCUT2D eigenvalue weighted by Gasteiger charge is -2.25.